The van der Waals surface area contributed by atoms with Crippen LogP contribution in [0.4, 0.5) is 0 Å². The van der Waals surface area contributed by atoms with E-state index in [1.54, 1.807) is 23.3 Å². The van der Waals surface area contributed by atoms with E-state index in [1.807, 2.05) is 19.2 Å². The van der Waals surface area contributed by atoms with Gasteiger partial charge in [0.25, 0.3) is 0 Å². The van der Waals surface area contributed by atoms with Gasteiger partial charge in [-0.2, -0.15) is 0 Å². The number of amides is 1. The van der Waals surface area contributed by atoms with Gasteiger partial charge in [-0.15, -0.1) is 11.3 Å². The SMILES string of the molecule is Cc1csc([C@@H](C)NC(=O)CN(C)CCO)n1. The Morgan fingerprint density at radius 3 is 2.94 bits per heavy atom. The third-order valence-electron chi connectivity index (χ3n) is 2.28. The molecule has 0 saturated heterocycles. The van der Waals surface area contributed by atoms with Crippen molar-refractivity contribution in [2.24, 2.45) is 0 Å². The largest absolute Gasteiger partial charge is 0.395 e. The van der Waals surface area contributed by atoms with Crippen molar-refractivity contribution in [2.75, 3.05) is 26.7 Å². The second-order valence-corrected chi connectivity index (χ2v) is 4.97. The molecule has 0 aromatic carbocycles. The van der Waals surface area contributed by atoms with Crippen molar-refractivity contribution in [2.45, 2.75) is 19.9 Å². The summed E-state index contributed by atoms with van der Waals surface area (Å²) in [4.78, 5) is 17.8. The minimum atomic E-state index is -0.0660. The molecule has 96 valence electrons. The van der Waals surface area contributed by atoms with Crippen LogP contribution in [0.2, 0.25) is 0 Å². The van der Waals surface area contributed by atoms with Gasteiger partial charge in [0.15, 0.2) is 0 Å². The summed E-state index contributed by atoms with van der Waals surface area (Å²) in [5.74, 6) is -0.0543. The van der Waals surface area contributed by atoms with Crippen molar-refractivity contribution in [3.05, 3.63) is 16.1 Å². The van der Waals surface area contributed by atoms with Crippen molar-refractivity contribution >= 4 is 17.2 Å². The smallest absolute Gasteiger partial charge is 0.234 e. The molecular weight excluding hydrogens is 238 g/mol. The molecule has 1 aromatic heterocycles. The molecule has 0 spiro atoms. The van der Waals surface area contributed by atoms with E-state index in [1.165, 1.54) is 0 Å². The van der Waals surface area contributed by atoms with Gasteiger partial charge < -0.3 is 10.4 Å². The number of aliphatic hydroxyl groups is 1. The minimum absolute atomic E-state index is 0.0543. The molecule has 0 unspecified atom stereocenters. The highest BCUT2D eigenvalue weighted by Crippen LogP contribution is 2.17. The van der Waals surface area contributed by atoms with E-state index in [9.17, 15) is 4.79 Å². The maximum atomic E-state index is 11.7. The molecule has 0 aliphatic carbocycles. The van der Waals surface area contributed by atoms with Gasteiger partial charge in [0.2, 0.25) is 5.91 Å². The first-order valence-electron chi connectivity index (χ1n) is 5.53. The Hall–Kier alpha value is -0.980. The van der Waals surface area contributed by atoms with Crippen LogP contribution in [0.25, 0.3) is 0 Å². The van der Waals surface area contributed by atoms with Crippen LogP contribution >= 0.6 is 11.3 Å². The average Bonchev–Trinajstić information content (AvgIpc) is 2.64. The van der Waals surface area contributed by atoms with Crippen molar-refractivity contribution in [3.63, 3.8) is 0 Å². The van der Waals surface area contributed by atoms with Gasteiger partial charge in [-0.3, -0.25) is 9.69 Å². The first-order valence-corrected chi connectivity index (χ1v) is 6.41. The number of carbonyl (C=O) groups is 1. The molecule has 0 fully saturated rings. The second-order valence-electron chi connectivity index (χ2n) is 4.08. The van der Waals surface area contributed by atoms with Crippen molar-refractivity contribution < 1.29 is 9.90 Å². The van der Waals surface area contributed by atoms with E-state index in [0.717, 1.165) is 10.7 Å². The van der Waals surface area contributed by atoms with E-state index < -0.39 is 0 Å². The Labute approximate surface area is 105 Å². The van der Waals surface area contributed by atoms with Gasteiger partial charge in [0, 0.05) is 17.6 Å². The average molecular weight is 257 g/mol. The number of nitrogens with one attached hydrogen (secondary N) is 1. The molecule has 6 heteroatoms. The Kier molecular flexibility index (Phi) is 5.54. The van der Waals surface area contributed by atoms with Crippen LogP contribution in [0.5, 0.6) is 0 Å². The predicted octanol–water partition coefficient (Wildman–Crippen LogP) is 0.553. The number of hydrogen-bond donors (Lipinski definition) is 2. The van der Waals surface area contributed by atoms with Gasteiger partial charge in [0.05, 0.1) is 19.2 Å². The highest BCUT2D eigenvalue weighted by Gasteiger charge is 2.13. The van der Waals surface area contributed by atoms with Crippen LogP contribution < -0.4 is 5.32 Å². The number of rotatable bonds is 6. The number of nitrogens with zero attached hydrogens (tertiary/aromatic N) is 2. The summed E-state index contributed by atoms with van der Waals surface area (Å²) in [5, 5.41) is 14.5. The van der Waals surface area contributed by atoms with Crippen LogP contribution in [0.1, 0.15) is 23.7 Å². The standard InChI is InChI=1S/C11H19N3O2S/c1-8-7-17-11(12-8)9(2)13-10(16)6-14(3)4-5-15/h7,9,15H,4-6H2,1-3H3,(H,13,16)/t9-/m1/s1. The molecule has 1 rings (SSSR count). The third-order valence-corrected chi connectivity index (χ3v) is 3.43. The Bertz CT molecular complexity index is 367. The molecule has 0 radical (unpaired) electrons. The zero-order valence-electron chi connectivity index (χ0n) is 10.4. The van der Waals surface area contributed by atoms with Gasteiger partial charge in [0.1, 0.15) is 5.01 Å². The number of aliphatic hydroxyl groups excluding tert-OH is 1. The lowest BCUT2D eigenvalue weighted by Gasteiger charge is -2.16. The monoisotopic (exact) mass is 257 g/mol. The molecule has 0 saturated carbocycles. The fourth-order valence-electron chi connectivity index (χ4n) is 1.41. The van der Waals surface area contributed by atoms with Crippen LogP contribution in [0.15, 0.2) is 5.38 Å². The Balaban J connectivity index is 2.40. The highest BCUT2D eigenvalue weighted by molar-refractivity contribution is 7.09. The third kappa shape index (κ3) is 4.80. The number of aryl methyl sites for hydroxylation is 1. The minimum Gasteiger partial charge on any atom is -0.395 e. The molecule has 1 atom stereocenters. The molecule has 17 heavy (non-hydrogen) atoms. The molecule has 0 aliphatic rings. The lowest BCUT2D eigenvalue weighted by atomic mass is 10.3. The van der Waals surface area contributed by atoms with Gasteiger partial charge in [-0.25, -0.2) is 4.98 Å². The van der Waals surface area contributed by atoms with Crippen molar-refractivity contribution in [3.8, 4) is 0 Å². The van der Waals surface area contributed by atoms with Crippen molar-refractivity contribution in [1.29, 1.82) is 0 Å². The van der Waals surface area contributed by atoms with E-state index in [-0.39, 0.29) is 25.1 Å². The zero-order valence-corrected chi connectivity index (χ0v) is 11.3. The number of likely N-dealkylation sites (N-methyl/N-ethyl adjacent to an activating group) is 1. The highest BCUT2D eigenvalue weighted by atomic mass is 32.1. The van der Waals surface area contributed by atoms with E-state index in [0.29, 0.717) is 6.54 Å². The normalized spacial score (nSPS) is 12.8. The van der Waals surface area contributed by atoms with Crippen LogP contribution in [-0.4, -0.2) is 47.6 Å². The fourth-order valence-corrected chi connectivity index (χ4v) is 2.22. The predicted molar refractivity (Wildman–Crippen MR) is 68.0 cm³/mol. The summed E-state index contributed by atoms with van der Waals surface area (Å²) in [6.07, 6.45) is 0. The molecule has 1 aromatic rings. The summed E-state index contributed by atoms with van der Waals surface area (Å²) < 4.78 is 0. The maximum absolute atomic E-state index is 11.7. The lowest BCUT2D eigenvalue weighted by Crippen LogP contribution is -2.37. The molecule has 0 aliphatic heterocycles. The van der Waals surface area contributed by atoms with E-state index in [4.69, 9.17) is 5.11 Å². The maximum Gasteiger partial charge on any atom is 0.234 e. The summed E-state index contributed by atoms with van der Waals surface area (Å²) in [5.41, 5.74) is 0.975. The molecule has 5 nitrogen and oxygen atoms in total. The summed E-state index contributed by atoms with van der Waals surface area (Å²) in [7, 11) is 1.80. The molecular formula is C11H19N3O2S. The van der Waals surface area contributed by atoms with Crippen LogP contribution in [0, 0.1) is 6.92 Å². The number of hydrogen-bond acceptors (Lipinski definition) is 5. The summed E-state index contributed by atoms with van der Waals surface area (Å²) in [6.45, 7) is 4.70. The summed E-state index contributed by atoms with van der Waals surface area (Å²) >= 11 is 1.55. The number of carbonyl (C=O) groups excluding carboxylic acids is 1. The van der Waals surface area contributed by atoms with E-state index in [2.05, 4.69) is 10.3 Å². The van der Waals surface area contributed by atoms with Crippen molar-refractivity contribution in [1.82, 2.24) is 15.2 Å². The first-order chi connectivity index (χ1) is 8.02. The number of thiazole rings is 1. The Morgan fingerprint density at radius 1 is 1.71 bits per heavy atom. The van der Waals surface area contributed by atoms with Gasteiger partial charge in [-0.1, -0.05) is 0 Å². The zero-order chi connectivity index (χ0) is 12.8. The molecule has 1 amide bonds. The quantitative estimate of drug-likeness (QED) is 0.781. The summed E-state index contributed by atoms with van der Waals surface area (Å²) in [6, 6.07) is -0.0660. The fraction of sp³-hybridized carbons (Fsp3) is 0.636. The second kappa shape index (κ2) is 6.68. The van der Waals surface area contributed by atoms with Crippen LogP contribution in [-0.2, 0) is 4.79 Å². The van der Waals surface area contributed by atoms with Crippen LogP contribution in [0.3, 0.4) is 0 Å². The number of aromatic nitrogens is 1. The molecule has 2 N–H and O–H groups in total. The molecule has 1 heterocycles. The Morgan fingerprint density at radius 2 is 2.41 bits per heavy atom. The van der Waals surface area contributed by atoms with Gasteiger partial charge >= 0.3 is 0 Å². The lowest BCUT2D eigenvalue weighted by molar-refractivity contribution is -0.122. The first kappa shape index (κ1) is 14.1. The van der Waals surface area contributed by atoms with E-state index >= 15 is 0 Å². The molecule has 0 bridgehead atoms. The topological polar surface area (TPSA) is 65.5 Å². The van der Waals surface area contributed by atoms with Gasteiger partial charge in [-0.05, 0) is 20.9 Å².